The number of pyridine rings is 1. The Hall–Kier alpha value is -0.890. The fraction of sp³-hybridized carbons (Fsp3) is 0.667. The average Bonchev–Trinajstić information content (AvgIpc) is 2.90. The molecule has 0 amide bonds. The molecule has 1 aromatic rings. The van der Waals surface area contributed by atoms with Crippen LogP contribution in [-0.4, -0.2) is 23.0 Å². The number of hydrogen-bond donors (Lipinski definition) is 0. The Morgan fingerprint density at radius 2 is 1.65 bits per heavy atom. The molecule has 1 saturated heterocycles. The number of nitrogens with zero attached hydrogens (tertiary/aromatic N) is 2. The second-order valence-electron chi connectivity index (χ2n) is 3.81. The third-order valence-corrected chi connectivity index (χ3v) is 2.56. The van der Waals surface area contributed by atoms with Crippen molar-refractivity contribution in [1.29, 1.82) is 0 Å². The van der Waals surface area contributed by atoms with Gasteiger partial charge in [0.1, 0.15) is 0 Å². The van der Waals surface area contributed by atoms with Crippen LogP contribution in [0.5, 0.6) is 0 Å². The summed E-state index contributed by atoms with van der Waals surface area (Å²) in [6, 6.07) is 4.27. The fourth-order valence-electron chi connectivity index (χ4n) is 1.76. The fourth-order valence-corrected chi connectivity index (χ4v) is 1.76. The van der Waals surface area contributed by atoms with E-state index in [1.165, 1.54) is 37.2 Å². The molecule has 0 radical (unpaired) electrons. The molecule has 2 rings (SSSR count). The SMILES string of the molecule is CC.CC.Cc1ccc(CN2CCCC2)nc1. The van der Waals surface area contributed by atoms with E-state index in [-0.39, 0.29) is 0 Å². The maximum atomic E-state index is 4.40. The van der Waals surface area contributed by atoms with Crippen molar-refractivity contribution in [3.63, 3.8) is 0 Å². The van der Waals surface area contributed by atoms with Crippen LogP contribution in [0.4, 0.5) is 0 Å². The van der Waals surface area contributed by atoms with Gasteiger partial charge in [-0.25, -0.2) is 0 Å². The van der Waals surface area contributed by atoms with E-state index in [4.69, 9.17) is 0 Å². The number of aryl methyl sites for hydroxylation is 1. The first-order valence-corrected chi connectivity index (χ1v) is 6.98. The molecule has 0 spiro atoms. The van der Waals surface area contributed by atoms with Crippen molar-refractivity contribution in [2.75, 3.05) is 13.1 Å². The monoisotopic (exact) mass is 236 g/mol. The first-order chi connectivity index (χ1) is 8.34. The van der Waals surface area contributed by atoms with Gasteiger partial charge in [-0.2, -0.15) is 0 Å². The van der Waals surface area contributed by atoms with E-state index < -0.39 is 0 Å². The maximum absolute atomic E-state index is 4.40. The first-order valence-electron chi connectivity index (χ1n) is 6.98. The van der Waals surface area contributed by atoms with E-state index in [1.807, 2.05) is 33.9 Å². The lowest BCUT2D eigenvalue weighted by atomic mass is 10.2. The van der Waals surface area contributed by atoms with E-state index in [0.717, 1.165) is 6.54 Å². The van der Waals surface area contributed by atoms with Gasteiger partial charge in [0.25, 0.3) is 0 Å². The minimum absolute atomic E-state index is 1.03. The summed E-state index contributed by atoms with van der Waals surface area (Å²) < 4.78 is 0. The van der Waals surface area contributed by atoms with Gasteiger partial charge in [0.05, 0.1) is 5.69 Å². The number of aromatic nitrogens is 1. The van der Waals surface area contributed by atoms with Crippen LogP contribution in [0.2, 0.25) is 0 Å². The van der Waals surface area contributed by atoms with Gasteiger partial charge in [-0.15, -0.1) is 0 Å². The minimum Gasteiger partial charge on any atom is -0.298 e. The van der Waals surface area contributed by atoms with Crippen molar-refractivity contribution < 1.29 is 0 Å². The Bertz CT molecular complexity index is 261. The zero-order valence-electron chi connectivity index (χ0n) is 12.2. The lowest BCUT2D eigenvalue weighted by Crippen LogP contribution is -2.18. The highest BCUT2D eigenvalue weighted by molar-refractivity contribution is 5.12. The molecule has 0 N–H and O–H groups in total. The summed E-state index contributed by atoms with van der Waals surface area (Å²) in [7, 11) is 0. The molecule has 17 heavy (non-hydrogen) atoms. The maximum Gasteiger partial charge on any atom is 0.0544 e. The summed E-state index contributed by atoms with van der Waals surface area (Å²) >= 11 is 0. The van der Waals surface area contributed by atoms with Gasteiger partial charge < -0.3 is 0 Å². The van der Waals surface area contributed by atoms with Crippen LogP contribution in [0.15, 0.2) is 18.3 Å². The highest BCUT2D eigenvalue weighted by Gasteiger charge is 2.11. The van der Waals surface area contributed by atoms with Crippen LogP contribution in [0.25, 0.3) is 0 Å². The molecule has 1 aromatic heterocycles. The minimum atomic E-state index is 1.03. The standard InChI is InChI=1S/C11H16N2.2C2H6/c1-10-4-5-11(12-8-10)9-13-6-2-3-7-13;2*1-2/h4-5,8H,2-3,6-7,9H2,1H3;2*1-2H3. The van der Waals surface area contributed by atoms with Crippen molar-refractivity contribution in [3.05, 3.63) is 29.6 Å². The van der Waals surface area contributed by atoms with Crippen LogP contribution >= 0.6 is 0 Å². The zero-order chi connectivity index (χ0) is 13.1. The van der Waals surface area contributed by atoms with Crippen molar-refractivity contribution >= 4 is 0 Å². The number of likely N-dealkylation sites (tertiary alicyclic amines) is 1. The van der Waals surface area contributed by atoms with E-state index in [1.54, 1.807) is 0 Å². The second kappa shape index (κ2) is 10.3. The largest absolute Gasteiger partial charge is 0.298 e. The Morgan fingerprint density at radius 3 is 2.12 bits per heavy atom. The van der Waals surface area contributed by atoms with Crippen LogP contribution in [-0.2, 0) is 6.54 Å². The molecule has 0 saturated carbocycles. The summed E-state index contributed by atoms with van der Waals surface area (Å²) in [4.78, 5) is 6.87. The van der Waals surface area contributed by atoms with Gasteiger partial charge in [-0.3, -0.25) is 9.88 Å². The van der Waals surface area contributed by atoms with Gasteiger partial charge >= 0.3 is 0 Å². The highest BCUT2D eigenvalue weighted by Crippen LogP contribution is 2.11. The molecule has 0 aromatic carbocycles. The Morgan fingerprint density at radius 1 is 1.06 bits per heavy atom. The molecule has 0 unspecified atom stereocenters. The molecule has 2 heteroatoms. The number of hydrogen-bond acceptors (Lipinski definition) is 2. The van der Waals surface area contributed by atoms with Crippen molar-refractivity contribution in [1.82, 2.24) is 9.88 Å². The third-order valence-electron chi connectivity index (χ3n) is 2.56. The lowest BCUT2D eigenvalue weighted by Gasteiger charge is -2.13. The van der Waals surface area contributed by atoms with Crippen LogP contribution in [0.1, 0.15) is 51.8 Å². The van der Waals surface area contributed by atoms with E-state index >= 15 is 0 Å². The van der Waals surface area contributed by atoms with E-state index in [9.17, 15) is 0 Å². The topological polar surface area (TPSA) is 16.1 Å². The average molecular weight is 236 g/mol. The quantitative estimate of drug-likeness (QED) is 0.770. The highest BCUT2D eigenvalue weighted by atomic mass is 15.1. The molecule has 0 aliphatic carbocycles. The summed E-state index contributed by atoms with van der Waals surface area (Å²) in [5.74, 6) is 0. The molecule has 0 bridgehead atoms. The smallest absolute Gasteiger partial charge is 0.0544 e. The molecule has 1 aliphatic heterocycles. The predicted molar refractivity (Wildman–Crippen MR) is 76.2 cm³/mol. The molecule has 2 nitrogen and oxygen atoms in total. The Labute approximate surface area is 107 Å². The van der Waals surface area contributed by atoms with E-state index in [2.05, 4.69) is 28.9 Å². The Balaban J connectivity index is 0.000000581. The second-order valence-corrected chi connectivity index (χ2v) is 3.81. The summed E-state index contributed by atoms with van der Waals surface area (Å²) in [6.07, 6.45) is 4.66. The molecular weight excluding hydrogens is 208 g/mol. The van der Waals surface area contributed by atoms with Crippen molar-refractivity contribution in [3.8, 4) is 0 Å². The molecule has 2 heterocycles. The van der Waals surface area contributed by atoms with Gasteiger partial charge in [0.2, 0.25) is 0 Å². The number of rotatable bonds is 2. The van der Waals surface area contributed by atoms with Crippen LogP contribution in [0, 0.1) is 6.92 Å². The van der Waals surface area contributed by atoms with Gasteiger partial charge in [0, 0.05) is 12.7 Å². The molecular formula is C15H28N2. The van der Waals surface area contributed by atoms with Crippen LogP contribution < -0.4 is 0 Å². The zero-order valence-corrected chi connectivity index (χ0v) is 12.2. The summed E-state index contributed by atoms with van der Waals surface area (Å²) in [6.45, 7) is 13.6. The third kappa shape index (κ3) is 6.42. The molecule has 98 valence electrons. The Kier molecular flexibility index (Phi) is 9.74. The van der Waals surface area contributed by atoms with Crippen molar-refractivity contribution in [2.24, 2.45) is 0 Å². The van der Waals surface area contributed by atoms with Crippen LogP contribution in [0.3, 0.4) is 0 Å². The van der Waals surface area contributed by atoms with Gasteiger partial charge in [-0.1, -0.05) is 33.8 Å². The van der Waals surface area contributed by atoms with Crippen molar-refractivity contribution in [2.45, 2.75) is 54.0 Å². The molecule has 1 aliphatic rings. The summed E-state index contributed by atoms with van der Waals surface area (Å²) in [5.41, 5.74) is 2.44. The van der Waals surface area contributed by atoms with E-state index in [0.29, 0.717) is 0 Å². The lowest BCUT2D eigenvalue weighted by molar-refractivity contribution is 0.327. The van der Waals surface area contributed by atoms with Gasteiger partial charge in [0.15, 0.2) is 0 Å². The molecule has 1 fully saturated rings. The molecule has 0 atom stereocenters. The first kappa shape index (κ1) is 16.1. The normalized spacial score (nSPS) is 14.4. The predicted octanol–water partition coefficient (Wildman–Crippen LogP) is 4.04. The van der Waals surface area contributed by atoms with Gasteiger partial charge in [-0.05, 0) is 44.5 Å². The summed E-state index contributed by atoms with van der Waals surface area (Å²) in [5, 5.41) is 0.